The molecule has 6 heterocycles. The van der Waals surface area contributed by atoms with Gasteiger partial charge in [0.05, 0.1) is 39.1 Å². The van der Waals surface area contributed by atoms with Crippen molar-refractivity contribution in [2.45, 2.75) is 212 Å². The number of nitrogens with one attached hydrogen (secondary N) is 3. The first kappa shape index (κ1) is 61.5. The van der Waals surface area contributed by atoms with Crippen molar-refractivity contribution < 1.29 is 148 Å². The molecule has 0 unspecified atom stereocenters. The van der Waals surface area contributed by atoms with Gasteiger partial charge in [-0.15, -0.1) is 0 Å². The van der Waals surface area contributed by atoms with Crippen LogP contribution in [-0.2, 0) is 66.5 Å². The Bertz CT molecular complexity index is 1850. The number of amides is 3. The van der Waals surface area contributed by atoms with E-state index in [-0.39, 0.29) is 0 Å². The van der Waals surface area contributed by atoms with Crippen LogP contribution in [0.3, 0.4) is 0 Å². The summed E-state index contributed by atoms with van der Waals surface area (Å²) in [5.41, 5.74) is 0. The molecule has 0 radical (unpaired) electrons. The number of hydrogen-bond acceptors (Lipinski definition) is 30. The van der Waals surface area contributed by atoms with Crippen molar-refractivity contribution in [1.82, 2.24) is 16.0 Å². The first-order chi connectivity index (χ1) is 35.4. The zero-order chi connectivity index (χ0) is 55.5. The lowest BCUT2D eigenvalue weighted by Gasteiger charge is -2.50. The van der Waals surface area contributed by atoms with E-state index in [0.717, 1.165) is 20.8 Å². The molecule has 0 aromatic heterocycles. The molecule has 30 atom stereocenters. The van der Waals surface area contributed by atoms with Crippen molar-refractivity contribution in [3.8, 4) is 0 Å². The van der Waals surface area contributed by atoms with Crippen molar-refractivity contribution in [1.29, 1.82) is 0 Å². The van der Waals surface area contributed by atoms with Crippen LogP contribution in [0.2, 0.25) is 0 Å². The van der Waals surface area contributed by atoms with Crippen molar-refractivity contribution in [3.05, 3.63) is 0 Å². The summed E-state index contributed by atoms with van der Waals surface area (Å²) in [5, 5.41) is 179. The summed E-state index contributed by atoms with van der Waals surface area (Å²) in [6, 6.07) is -5.07. The van der Waals surface area contributed by atoms with Crippen LogP contribution >= 0.6 is 0 Å². The normalized spacial score (nSPS) is 48.6. The summed E-state index contributed by atoms with van der Waals surface area (Å²) in [6.07, 6.45) is -48.7. The van der Waals surface area contributed by atoms with Gasteiger partial charge in [-0.3, -0.25) is 14.4 Å². The SMILES string of the molecule is CC(=O)N[C@@H]1[C@@H](O[C@@H]2O[C@H](CO)[C@@H](O[C@@H]3O[C@H](CO)[C@H](O)[C@H](O)[C@H]3O[C@@H]3O[C@@H](C)[C@@H](O)[C@@H](O)[C@@H]3O)[C@H](O)[C@H]2NC(C)=O)[C@@H](O)[C@@H](CO[C@@H]2O[C@H](CO)[C@@H](O[C@@H]3O[C@H](CO)[C@H](O)[C@H](O)[C@H]3O)[C@H](O)[C@H]2NC(C)=O)O[C@@H]1O. The first-order valence-electron chi connectivity index (χ1n) is 23.9. The van der Waals surface area contributed by atoms with E-state index >= 15 is 0 Å². The van der Waals surface area contributed by atoms with Crippen LogP contribution in [0.4, 0.5) is 0 Å². The molecule has 0 aliphatic carbocycles. The number of ether oxygens (including phenoxy) is 11. The third-order valence-electron chi connectivity index (χ3n) is 13.6. The zero-order valence-corrected chi connectivity index (χ0v) is 40.7. The molecule has 0 spiro atoms. The maximum atomic E-state index is 12.7. The summed E-state index contributed by atoms with van der Waals surface area (Å²) in [7, 11) is 0. The van der Waals surface area contributed by atoms with Crippen molar-refractivity contribution in [2.24, 2.45) is 0 Å². The van der Waals surface area contributed by atoms with E-state index in [1.165, 1.54) is 6.92 Å². The van der Waals surface area contributed by atoms with E-state index in [9.17, 15) is 96.1 Å². The minimum atomic E-state index is -2.07. The monoisotopic (exact) mass is 1100 g/mol. The molecule has 6 fully saturated rings. The number of hydrogen-bond donors (Lipinski definition) is 19. The largest absolute Gasteiger partial charge is 0.394 e. The lowest BCUT2D eigenvalue weighted by Crippen LogP contribution is -2.71. The van der Waals surface area contributed by atoms with Gasteiger partial charge in [0, 0.05) is 20.8 Å². The van der Waals surface area contributed by atoms with Crippen LogP contribution in [-0.4, -0.2) is 317 Å². The molecule has 0 aromatic rings. The predicted octanol–water partition coefficient (Wildman–Crippen LogP) is -12.6. The summed E-state index contributed by atoms with van der Waals surface area (Å²) >= 11 is 0. The van der Waals surface area contributed by atoms with Gasteiger partial charge in [0.1, 0.15) is 140 Å². The molecule has 33 nitrogen and oxygen atoms in total. The number of aliphatic hydroxyl groups excluding tert-OH is 16. The van der Waals surface area contributed by atoms with Crippen LogP contribution in [0.25, 0.3) is 0 Å². The molecule has 33 heteroatoms. The molecule has 6 rings (SSSR count). The molecule has 19 N–H and O–H groups in total. The predicted molar refractivity (Wildman–Crippen MR) is 233 cm³/mol. The third-order valence-corrected chi connectivity index (χ3v) is 13.6. The average molecular weight is 1100 g/mol. The Labute approximate surface area is 426 Å². The molecule has 6 aliphatic rings. The van der Waals surface area contributed by atoms with E-state index < -0.39 is 235 Å². The summed E-state index contributed by atoms with van der Waals surface area (Å²) in [5.74, 6) is -2.41. The second-order valence-electron chi connectivity index (χ2n) is 19.0. The molecule has 0 bridgehead atoms. The quantitative estimate of drug-likeness (QED) is 0.0606. The highest BCUT2D eigenvalue weighted by atomic mass is 16.8. The van der Waals surface area contributed by atoms with Crippen LogP contribution in [0, 0.1) is 0 Å². The van der Waals surface area contributed by atoms with E-state index in [2.05, 4.69) is 16.0 Å². The Morgan fingerprint density at radius 3 is 1.29 bits per heavy atom. The summed E-state index contributed by atoms with van der Waals surface area (Å²) in [4.78, 5) is 37.6. The Hall–Kier alpha value is -2.67. The Morgan fingerprint density at radius 2 is 0.773 bits per heavy atom. The highest BCUT2D eigenvalue weighted by Gasteiger charge is 2.57. The van der Waals surface area contributed by atoms with Gasteiger partial charge in [0.15, 0.2) is 37.7 Å². The van der Waals surface area contributed by atoms with Gasteiger partial charge in [0.2, 0.25) is 17.7 Å². The minimum Gasteiger partial charge on any atom is -0.394 e. The number of aliphatic hydroxyl groups is 16. The average Bonchev–Trinajstić information content (AvgIpc) is 3.36. The van der Waals surface area contributed by atoms with Gasteiger partial charge in [-0.1, -0.05) is 0 Å². The maximum absolute atomic E-state index is 12.7. The van der Waals surface area contributed by atoms with Gasteiger partial charge < -0.3 is 150 Å². The van der Waals surface area contributed by atoms with Gasteiger partial charge in [-0.2, -0.15) is 0 Å². The standard InChI is InChI=1S/C42H71N3O30/c1-10-22(53)28(59)31(62)40(66-10)75-36-30(61)24(55)15(6-47)69-42(36)73-34-17(8-49)71-39(20(27(34)58)44-12(3)51)74-35-21(45-13(4)52)37(64)67-18(25(35)56)9-65-38-19(43-11(2)50)26(57)33(16(7-48)70-38)72-41-32(63)29(60)23(54)14(5-46)68-41/h10,14-42,46-49,53-64H,5-9H2,1-4H3,(H,43,50)(H,44,51)(H,45,52)/t10-,14+,15+,16+,17+,18+,19+,20+,21+,22+,23-,24-,25-,26+,27+,28+,29-,30-,31-,32+,33+,34+,35+,36+,37-,38+,39-,40-,41-,42-/m0/s1. The molecular formula is C42H71N3O30. The molecule has 75 heavy (non-hydrogen) atoms. The van der Waals surface area contributed by atoms with Crippen molar-refractivity contribution in [2.75, 3.05) is 33.0 Å². The fourth-order valence-corrected chi connectivity index (χ4v) is 9.55. The minimum absolute atomic E-state index is 0.769. The number of carbonyl (C=O) groups excluding carboxylic acids is 3. The highest BCUT2D eigenvalue weighted by Crippen LogP contribution is 2.36. The van der Waals surface area contributed by atoms with E-state index in [4.69, 9.17) is 52.1 Å². The van der Waals surface area contributed by atoms with Crippen molar-refractivity contribution >= 4 is 17.7 Å². The smallest absolute Gasteiger partial charge is 0.217 e. The van der Waals surface area contributed by atoms with E-state index in [1.54, 1.807) is 0 Å². The molecule has 6 saturated heterocycles. The second-order valence-corrected chi connectivity index (χ2v) is 19.0. The van der Waals surface area contributed by atoms with Crippen LogP contribution in [0.1, 0.15) is 27.7 Å². The highest BCUT2D eigenvalue weighted by molar-refractivity contribution is 5.74. The summed E-state index contributed by atoms with van der Waals surface area (Å²) in [6.45, 7) is -0.129. The van der Waals surface area contributed by atoms with Crippen LogP contribution in [0.5, 0.6) is 0 Å². The van der Waals surface area contributed by atoms with Gasteiger partial charge in [0.25, 0.3) is 0 Å². The van der Waals surface area contributed by atoms with E-state index in [0.29, 0.717) is 0 Å². The van der Waals surface area contributed by atoms with E-state index in [1.807, 2.05) is 0 Å². The Morgan fingerprint density at radius 1 is 0.373 bits per heavy atom. The molecule has 0 saturated carbocycles. The van der Waals surface area contributed by atoms with Crippen molar-refractivity contribution in [3.63, 3.8) is 0 Å². The molecule has 6 aliphatic heterocycles. The molecule has 434 valence electrons. The molecule has 0 aromatic carbocycles. The number of carbonyl (C=O) groups is 3. The second kappa shape index (κ2) is 26.5. The fraction of sp³-hybridized carbons (Fsp3) is 0.929. The van der Waals surface area contributed by atoms with Gasteiger partial charge >= 0.3 is 0 Å². The summed E-state index contributed by atoms with van der Waals surface area (Å²) < 4.78 is 63.5. The Kier molecular flexibility index (Phi) is 21.8. The molecule has 3 amide bonds. The number of rotatable bonds is 18. The first-order valence-corrected chi connectivity index (χ1v) is 23.9. The maximum Gasteiger partial charge on any atom is 0.217 e. The topological polar surface area (TPSA) is 513 Å². The third kappa shape index (κ3) is 13.7. The Balaban J connectivity index is 1.22. The van der Waals surface area contributed by atoms with Crippen LogP contribution < -0.4 is 16.0 Å². The fourth-order valence-electron chi connectivity index (χ4n) is 9.55. The van der Waals surface area contributed by atoms with Gasteiger partial charge in [-0.05, 0) is 6.92 Å². The molecular weight excluding hydrogens is 1030 g/mol. The van der Waals surface area contributed by atoms with Crippen LogP contribution in [0.15, 0.2) is 0 Å². The lowest BCUT2D eigenvalue weighted by molar-refractivity contribution is -0.386. The lowest BCUT2D eigenvalue weighted by atomic mass is 9.93. The zero-order valence-electron chi connectivity index (χ0n) is 40.7. The van der Waals surface area contributed by atoms with Gasteiger partial charge in [-0.25, -0.2) is 0 Å².